The number of rotatable bonds is 12. The lowest BCUT2D eigenvalue weighted by Gasteiger charge is -2.21. The average molecular weight is 311 g/mol. The molecule has 0 aliphatic rings. The third kappa shape index (κ3) is 8.71. The first kappa shape index (κ1) is 18.5. The summed E-state index contributed by atoms with van der Waals surface area (Å²) in [5.74, 6) is -0.288. The fourth-order valence-electron chi connectivity index (χ4n) is 1.79. The number of hydrogen-bond donors (Lipinski definition) is 2. The average Bonchev–Trinajstić information content (AvgIpc) is 2.54. The van der Waals surface area contributed by atoms with Crippen molar-refractivity contribution in [3.63, 3.8) is 0 Å². The molecule has 0 saturated carbocycles. The molecule has 0 unspecified atom stereocenters. The molecule has 0 bridgehead atoms. The second-order valence-electron chi connectivity index (χ2n) is 4.57. The molecule has 0 aliphatic carbocycles. The van der Waals surface area contributed by atoms with Crippen LogP contribution in [0.2, 0.25) is 0 Å². The number of carbonyl (C=O) groups excluding carboxylic acids is 1. The van der Waals surface area contributed by atoms with Crippen molar-refractivity contribution in [3.05, 3.63) is 35.9 Å². The summed E-state index contributed by atoms with van der Waals surface area (Å²) in [6.45, 7) is 2.81. The van der Waals surface area contributed by atoms with Crippen LogP contribution in [0.3, 0.4) is 0 Å². The molecule has 0 saturated heterocycles. The highest BCUT2D eigenvalue weighted by molar-refractivity contribution is 5.71. The Morgan fingerprint density at radius 2 is 1.59 bits per heavy atom. The maximum atomic E-state index is 11.9. The molecule has 22 heavy (non-hydrogen) atoms. The van der Waals surface area contributed by atoms with Gasteiger partial charge in [0.25, 0.3) is 0 Å². The molecule has 0 aromatic heterocycles. The number of nitrogens with two attached hydrogens (primary N) is 2. The minimum absolute atomic E-state index is 0.158. The summed E-state index contributed by atoms with van der Waals surface area (Å²) in [4.78, 5) is 13.8. The second-order valence-corrected chi connectivity index (χ2v) is 4.57. The number of hydrogen-bond acceptors (Lipinski definition) is 7. The minimum Gasteiger partial charge on any atom is -0.460 e. The van der Waals surface area contributed by atoms with Crippen LogP contribution in [0.15, 0.2) is 30.3 Å². The van der Waals surface area contributed by atoms with Gasteiger partial charge < -0.3 is 25.7 Å². The first-order valence-corrected chi connectivity index (χ1v) is 7.23. The van der Waals surface area contributed by atoms with Gasteiger partial charge in [-0.3, -0.25) is 9.69 Å². The normalized spacial score (nSPS) is 10.9. The predicted molar refractivity (Wildman–Crippen MR) is 82.7 cm³/mol. The third-order valence-corrected chi connectivity index (χ3v) is 2.93. The van der Waals surface area contributed by atoms with E-state index in [-0.39, 0.29) is 32.6 Å². The molecule has 7 heteroatoms. The van der Waals surface area contributed by atoms with E-state index in [0.717, 1.165) is 5.56 Å². The fraction of sp³-hybridized carbons (Fsp3) is 0.533. The maximum absolute atomic E-state index is 11.9. The van der Waals surface area contributed by atoms with Gasteiger partial charge in [0, 0.05) is 13.1 Å². The van der Waals surface area contributed by atoms with Crippen molar-refractivity contribution in [3.8, 4) is 0 Å². The van der Waals surface area contributed by atoms with Crippen LogP contribution in [0.25, 0.3) is 0 Å². The van der Waals surface area contributed by atoms with Gasteiger partial charge in [0.05, 0.1) is 33.2 Å². The van der Waals surface area contributed by atoms with Gasteiger partial charge in [-0.25, -0.2) is 0 Å². The Labute approximate surface area is 131 Å². The zero-order valence-electron chi connectivity index (χ0n) is 12.8. The second kappa shape index (κ2) is 12.1. The summed E-state index contributed by atoms with van der Waals surface area (Å²) in [7, 11) is 0. The molecule has 1 aromatic carbocycles. The minimum atomic E-state index is -0.288. The summed E-state index contributed by atoms with van der Waals surface area (Å²) in [5.41, 5.74) is 11.5. The number of esters is 1. The Kier molecular flexibility index (Phi) is 10.2. The number of nitrogens with zero attached hydrogens (tertiary/aromatic N) is 1. The zero-order chi connectivity index (χ0) is 16.0. The lowest BCUT2D eigenvalue weighted by Crippen LogP contribution is -2.36. The summed E-state index contributed by atoms with van der Waals surface area (Å²) in [5, 5.41) is 0. The van der Waals surface area contributed by atoms with Crippen molar-refractivity contribution in [2.24, 2.45) is 11.5 Å². The number of benzene rings is 1. The first-order chi connectivity index (χ1) is 10.8. The highest BCUT2D eigenvalue weighted by Gasteiger charge is 2.12. The van der Waals surface area contributed by atoms with Crippen molar-refractivity contribution in [1.29, 1.82) is 0 Å². The van der Waals surface area contributed by atoms with E-state index in [1.807, 2.05) is 35.2 Å². The zero-order valence-corrected chi connectivity index (χ0v) is 12.8. The summed E-state index contributed by atoms with van der Waals surface area (Å²) in [6.07, 6.45) is 0. The lowest BCUT2D eigenvalue weighted by atomic mass is 10.2. The first-order valence-electron chi connectivity index (χ1n) is 7.23. The largest absolute Gasteiger partial charge is 0.460 e. The van der Waals surface area contributed by atoms with Gasteiger partial charge in [-0.1, -0.05) is 30.3 Å². The van der Waals surface area contributed by atoms with Crippen LogP contribution in [-0.2, 0) is 25.6 Å². The molecule has 0 heterocycles. The molecule has 1 aromatic rings. The van der Waals surface area contributed by atoms with Gasteiger partial charge in [-0.2, -0.15) is 0 Å². The van der Waals surface area contributed by atoms with Gasteiger partial charge in [0.15, 0.2) is 0 Å². The van der Waals surface area contributed by atoms with Crippen LogP contribution in [0.1, 0.15) is 5.56 Å². The molecule has 7 nitrogen and oxygen atoms in total. The van der Waals surface area contributed by atoms with Crippen molar-refractivity contribution >= 4 is 5.97 Å². The van der Waals surface area contributed by atoms with Gasteiger partial charge >= 0.3 is 5.97 Å². The summed E-state index contributed by atoms with van der Waals surface area (Å²) < 4.78 is 15.5. The topological polar surface area (TPSA) is 100 Å². The van der Waals surface area contributed by atoms with E-state index in [1.165, 1.54) is 0 Å². The van der Waals surface area contributed by atoms with Gasteiger partial charge in [0.1, 0.15) is 6.61 Å². The summed E-state index contributed by atoms with van der Waals surface area (Å²) in [6, 6.07) is 9.56. The molecule has 0 spiro atoms. The standard InChI is InChI=1S/C15H25N3O4/c16-12-20-8-6-18(7-9-21-13-17)10-15(19)22-11-14-4-2-1-3-5-14/h1-5H,6-13,16-17H2. The Balaban J connectivity index is 2.32. The highest BCUT2D eigenvalue weighted by Crippen LogP contribution is 2.01. The van der Waals surface area contributed by atoms with Crippen molar-refractivity contribution in [2.75, 3.05) is 46.3 Å². The number of ether oxygens (including phenoxy) is 3. The maximum Gasteiger partial charge on any atom is 0.320 e. The fourth-order valence-corrected chi connectivity index (χ4v) is 1.79. The van der Waals surface area contributed by atoms with Crippen LogP contribution < -0.4 is 11.5 Å². The van der Waals surface area contributed by atoms with Gasteiger partial charge in [0.2, 0.25) is 0 Å². The molecule has 1 rings (SSSR count). The Hall–Kier alpha value is -1.51. The molecule has 0 atom stereocenters. The van der Waals surface area contributed by atoms with Gasteiger partial charge in [-0.05, 0) is 5.56 Å². The molecular formula is C15H25N3O4. The van der Waals surface area contributed by atoms with Crippen LogP contribution in [0.4, 0.5) is 0 Å². The molecule has 0 fully saturated rings. The molecule has 124 valence electrons. The van der Waals surface area contributed by atoms with E-state index < -0.39 is 0 Å². The van der Waals surface area contributed by atoms with Crippen molar-refractivity contribution in [2.45, 2.75) is 6.61 Å². The van der Waals surface area contributed by atoms with E-state index in [1.54, 1.807) is 0 Å². The smallest absolute Gasteiger partial charge is 0.320 e. The van der Waals surface area contributed by atoms with E-state index in [2.05, 4.69) is 0 Å². The van der Waals surface area contributed by atoms with Crippen LogP contribution in [0.5, 0.6) is 0 Å². The highest BCUT2D eigenvalue weighted by atomic mass is 16.5. The quantitative estimate of drug-likeness (QED) is 0.316. The number of carbonyl (C=O) groups is 1. The SMILES string of the molecule is NCOCCN(CCOCN)CC(=O)OCc1ccccc1. The van der Waals surface area contributed by atoms with Crippen LogP contribution >= 0.6 is 0 Å². The lowest BCUT2D eigenvalue weighted by molar-refractivity contribution is -0.146. The molecule has 0 amide bonds. The molecular weight excluding hydrogens is 286 g/mol. The van der Waals surface area contributed by atoms with Crippen molar-refractivity contribution < 1.29 is 19.0 Å². The molecule has 4 N–H and O–H groups in total. The Morgan fingerprint density at radius 3 is 2.14 bits per heavy atom. The van der Waals surface area contributed by atoms with Crippen LogP contribution in [-0.4, -0.2) is 57.2 Å². The van der Waals surface area contributed by atoms with E-state index in [4.69, 9.17) is 25.7 Å². The van der Waals surface area contributed by atoms with E-state index in [9.17, 15) is 4.79 Å². The summed E-state index contributed by atoms with van der Waals surface area (Å²) >= 11 is 0. The predicted octanol–water partition coefficient (Wildman–Crippen LogP) is -0.103. The Bertz CT molecular complexity index is 393. The third-order valence-electron chi connectivity index (χ3n) is 2.93. The molecule has 0 aliphatic heterocycles. The molecule has 0 radical (unpaired) electrons. The van der Waals surface area contributed by atoms with E-state index in [0.29, 0.717) is 26.3 Å². The monoisotopic (exact) mass is 311 g/mol. The van der Waals surface area contributed by atoms with Crippen molar-refractivity contribution in [1.82, 2.24) is 4.90 Å². The van der Waals surface area contributed by atoms with Gasteiger partial charge in [-0.15, -0.1) is 0 Å². The van der Waals surface area contributed by atoms with E-state index >= 15 is 0 Å². The Morgan fingerprint density at radius 1 is 1.00 bits per heavy atom. The van der Waals surface area contributed by atoms with Crippen LogP contribution in [0, 0.1) is 0 Å².